The minimum atomic E-state index is 0.848. The number of rotatable bonds is 9. The van der Waals surface area contributed by atoms with Crippen LogP contribution in [0.1, 0.15) is 0 Å². The van der Waals surface area contributed by atoms with Crippen LogP contribution in [0.3, 0.4) is 0 Å². The fraction of sp³-hybridized carbons (Fsp3) is 0. The van der Waals surface area contributed by atoms with Crippen molar-refractivity contribution in [3.63, 3.8) is 0 Å². The molecular weight excluding hydrogens is 665 g/mol. The Hall–Kier alpha value is -7.29. The lowest BCUT2D eigenvalue weighted by Crippen LogP contribution is -2.11. The molecule has 1 aromatic heterocycles. The van der Waals surface area contributed by atoms with E-state index in [9.17, 15) is 0 Å². The number of aromatic nitrogens is 1. The zero-order valence-corrected chi connectivity index (χ0v) is 30.3. The SMILES string of the molecule is c1ccc(-c2ccc(-c3ccc(N(c4ccc(-c5ccc(-c6ccccc6)cc5)cc4)c4ccc(-c5ccccc5-c5ccccc5)cn4)cc3)cc2)cc1. The molecule has 8 aromatic carbocycles. The summed E-state index contributed by atoms with van der Waals surface area (Å²) in [7, 11) is 0. The smallest absolute Gasteiger partial charge is 0.137 e. The lowest BCUT2D eigenvalue weighted by molar-refractivity contribution is 1.18. The molecule has 260 valence electrons. The van der Waals surface area contributed by atoms with Crippen LogP contribution in [0.5, 0.6) is 0 Å². The summed E-state index contributed by atoms with van der Waals surface area (Å²) in [6, 6.07) is 79.6. The molecule has 0 saturated heterocycles. The number of hydrogen-bond acceptors (Lipinski definition) is 2. The maximum atomic E-state index is 5.11. The van der Waals surface area contributed by atoms with E-state index in [-0.39, 0.29) is 0 Å². The van der Waals surface area contributed by atoms with Crippen LogP contribution < -0.4 is 4.90 Å². The largest absolute Gasteiger partial charge is 0.295 e. The van der Waals surface area contributed by atoms with Crippen molar-refractivity contribution < 1.29 is 0 Å². The van der Waals surface area contributed by atoms with Gasteiger partial charge in [0.1, 0.15) is 5.82 Å². The van der Waals surface area contributed by atoms with Crippen molar-refractivity contribution in [2.75, 3.05) is 4.90 Å². The van der Waals surface area contributed by atoms with E-state index in [1.165, 1.54) is 55.6 Å². The van der Waals surface area contributed by atoms with Crippen molar-refractivity contribution in [1.82, 2.24) is 4.98 Å². The summed E-state index contributed by atoms with van der Waals surface area (Å²) in [6.07, 6.45) is 2.00. The Morgan fingerprint density at radius 2 is 0.527 bits per heavy atom. The van der Waals surface area contributed by atoms with Crippen LogP contribution in [-0.4, -0.2) is 4.98 Å². The summed E-state index contributed by atoms with van der Waals surface area (Å²) >= 11 is 0. The van der Waals surface area contributed by atoms with Gasteiger partial charge in [0.05, 0.1) is 0 Å². The van der Waals surface area contributed by atoms with Crippen LogP contribution in [0.25, 0.3) is 66.8 Å². The van der Waals surface area contributed by atoms with Gasteiger partial charge >= 0.3 is 0 Å². The van der Waals surface area contributed by atoms with Gasteiger partial charge in [0.2, 0.25) is 0 Å². The normalized spacial score (nSPS) is 10.9. The molecule has 2 heteroatoms. The minimum Gasteiger partial charge on any atom is -0.295 e. The third-order valence-corrected chi connectivity index (χ3v) is 10.2. The number of pyridine rings is 1. The number of hydrogen-bond donors (Lipinski definition) is 0. The van der Waals surface area contributed by atoms with Crippen LogP contribution in [0.4, 0.5) is 17.2 Å². The Morgan fingerprint density at radius 3 is 0.891 bits per heavy atom. The summed E-state index contributed by atoms with van der Waals surface area (Å²) in [4.78, 5) is 7.34. The molecule has 0 atom stereocenters. The van der Waals surface area contributed by atoms with Gasteiger partial charge in [0.25, 0.3) is 0 Å². The molecule has 0 radical (unpaired) electrons. The summed E-state index contributed by atoms with van der Waals surface area (Å²) in [5, 5.41) is 0. The first kappa shape index (κ1) is 33.5. The predicted octanol–water partition coefficient (Wildman–Crippen LogP) is 14.6. The van der Waals surface area contributed by atoms with Crippen molar-refractivity contribution in [2.45, 2.75) is 0 Å². The van der Waals surface area contributed by atoms with Crippen LogP contribution in [0, 0.1) is 0 Å². The van der Waals surface area contributed by atoms with Gasteiger partial charge < -0.3 is 0 Å². The quantitative estimate of drug-likeness (QED) is 0.149. The van der Waals surface area contributed by atoms with E-state index in [0.29, 0.717) is 0 Å². The molecule has 0 spiro atoms. The highest BCUT2D eigenvalue weighted by Crippen LogP contribution is 2.38. The maximum absolute atomic E-state index is 5.11. The molecule has 0 aliphatic carbocycles. The second-order valence-corrected chi connectivity index (χ2v) is 13.6. The minimum absolute atomic E-state index is 0.848. The summed E-state index contributed by atoms with van der Waals surface area (Å²) in [5.74, 6) is 0.848. The van der Waals surface area contributed by atoms with Crippen LogP contribution in [0.15, 0.2) is 231 Å². The standard InChI is InChI=1S/C53H38N2/c1-4-12-39(13-5-1)41-20-24-43(25-21-41)45-28-33-49(34-29-45)55(50-35-30-46(31-36-50)44-26-22-42(23-27-44)40-14-6-2-7-15-40)53-37-32-48(38-54-53)52-19-11-10-18-51(52)47-16-8-3-9-17-47/h1-38H. The molecule has 0 bridgehead atoms. The first-order chi connectivity index (χ1) is 27.3. The molecule has 9 rings (SSSR count). The van der Waals surface area contributed by atoms with Crippen LogP contribution in [0.2, 0.25) is 0 Å². The molecule has 0 aliphatic rings. The van der Waals surface area contributed by atoms with Crippen molar-refractivity contribution in [3.05, 3.63) is 231 Å². The summed E-state index contributed by atoms with van der Waals surface area (Å²) in [6.45, 7) is 0. The van der Waals surface area contributed by atoms with Gasteiger partial charge in [-0.15, -0.1) is 0 Å². The Labute approximate surface area is 323 Å². The molecule has 2 nitrogen and oxygen atoms in total. The highest BCUT2D eigenvalue weighted by atomic mass is 15.2. The summed E-state index contributed by atoms with van der Waals surface area (Å²) < 4.78 is 0. The molecule has 0 N–H and O–H groups in total. The zero-order valence-electron chi connectivity index (χ0n) is 30.3. The van der Waals surface area contributed by atoms with E-state index < -0.39 is 0 Å². The molecule has 0 saturated carbocycles. The van der Waals surface area contributed by atoms with Crippen LogP contribution in [-0.2, 0) is 0 Å². The van der Waals surface area contributed by atoms with E-state index >= 15 is 0 Å². The second-order valence-electron chi connectivity index (χ2n) is 13.6. The molecular formula is C53H38N2. The van der Waals surface area contributed by atoms with Crippen molar-refractivity contribution in [3.8, 4) is 66.8 Å². The molecule has 9 aromatic rings. The number of nitrogens with zero attached hydrogens (tertiary/aromatic N) is 2. The fourth-order valence-electron chi connectivity index (χ4n) is 7.27. The molecule has 0 unspecified atom stereocenters. The predicted molar refractivity (Wildman–Crippen MR) is 232 cm³/mol. The Bertz CT molecular complexity index is 2490. The third-order valence-electron chi connectivity index (χ3n) is 10.2. The van der Waals surface area contributed by atoms with E-state index in [0.717, 1.165) is 28.3 Å². The monoisotopic (exact) mass is 702 g/mol. The highest BCUT2D eigenvalue weighted by Gasteiger charge is 2.16. The van der Waals surface area contributed by atoms with E-state index in [2.05, 4.69) is 229 Å². The number of benzene rings is 8. The summed E-state index contributed by atoms with van der Waals surface area (Å²) in [5.41, 5.74) is 16.2. The molecule has 1 heterocycles. The molecule has 55 heavy (non-hydrogen) atoms. The van der Waals surface area contributed by atoms with Gasteiger partial charge in [-0.25, -0.2) is 4.98 Å². The van der Waals surface area contributed by atoms with Crippen LogP contribution >= 0.6 is 0 Å². The van der Waals surface area contributed by atoms with Gasteiger partial charge in [-0.1, -0.05) is 188 Å². The highest BCUT2D eigenvalue weighted by molar-refractivity contribution is 5.85. The Morgan fingerprint density at radius 1 is 0.236 bits per heavy atom. The zero-order chi connectivity index (χ0) is 36.8. The first-order valence-corrected chi connectivity index (χ1v) is 18.7. The van der Waals surface area contributed by atoms with Gasteiger partial charge in [-0.3, -0.25) is 4.90 Å². The van der Waals surface area contributed by atoms with Gasteiger partial charge in [0.15, 0.2) is 0 Å². The average molecular weight is 703 g/mol. The van der Waals surface area contributed by atoms with Gasteiger partial charge in [-0.2, -0.15) is 0 Å². The van der Waals surface area contributed by atoms with E-state index in [1.807, 2.05) is 6.20 Å². The fourth-order valence-corrected chi connectivity index (χ4v) is 7.27. The lowest BCUT2D eigenvalue weighted by atomic mass is 9.95. The average Bonchev–Trinajstić information content (AvgIpc) is 3.28. The van der Waals surface area contributed by atoms with E-state index in [1.54, 1.807) is 0 Å². The van der Waals surface area contributed by atoms with E-state index in [4.69, 9.17) is 4.98 Å². The maximum Gasteiger partial charge on any atom is 0.137 e. The van der Waals surface area contributed by atoms with Gasteiger partial charge in [0, 0.05) is 23.1 Å². The van der Waals surface area contributed by atoms with Crippen molar-refractivity contribution in [2.24, 2.45) is 0 Å². The first-order valence-electron chi connectivity index (χ1n) is 18.7. The second kappa shape index (κ2) is 15.4. The third kappa shape index (κ3) is 7.22. The Balaban J connectivity index is 1.04. The van der Waals surface area contributed by atoms with Gasteiger partial charge in [-0.05, 0) is 97.6 Å². The molecule has 0 aliphatic heterocycles. The Kier molecular flexibility index (Phi) is 9.37. The van der Waals surface area contributed by atoms with Crippen molar-refractivity contribution in [1.29, 1.82) is 0 Å². The molecule has 0 fully saturated rings. The van der Waals surface area contributed by atoms with Crippen molar-refractivity contribution >= 4 is 17.2 Å². The lowest BCUT2D eigenvalue weighted by Gasteiger charge is -2.25. The topological polar surface area (TPSA) is 16.1 Å². The number of anilines is 3. The molecule has 0 amide bonds.